The Morgan fingerprint density at radius 3 is 2.60 bits per heavy atom. The quantitative estimate of drug-likeness (QED) is 0.178. The van der Waals surface area contributed by atoms with E-state index in [1.165, 1.54) is 60.3 Å². The number of anilines is 2. The van der Waals surface area contributed by atoms with Gasteiger partial charge >= 0.3 is 12.1 Å². The molecular formula is C25H37N5O3S2. The highest BCUT2D eigenvalue weighted by molar-refractivity contribution is 8.01. The molecule has 1 atom stereocenters. The number of benzene rings is 1. The third kappa shape index (κ3) is 8.38. The van der Waals surface area contributed by atoms with Crippen LogP contribution >= 0.6 is 23.1 Å². The van der Waals surface area contributed by atoms with Gasteiger partial charge in [-0.25, -0.2) is 14.5 Å². The largest absolute Gasteiger partial charge is 0.425 e. The van der Waals surface area contributed by atoms with E-state index in [2.05, 4.69) is 29.4 Å². The predicted octanol–water partition coefficient (Wildman–Crippen LogP) is 6.78. The van der Waals surface area contributed by atoms with E-state index in [1.807, 2.05) is 24.3 Å². The molecule has 192 valence electrons. The van der Waals surface area contributed by atoms with Crippen LogP contribution in [0.4, 0.5) is 20.4 Å². The van der Waals surface area contributed by atoms with E-state index in [4.69, 9.17) is 4.74 Å². The average molecular weight is 520 g/mol. The fourth-order valence-corrected chi connectivity index (χ4v) is 5.75. The van der Waals surface area contributed by atoms with Crippen LogP contribution < -0.4 is 10.2 Å². The maximum atomic E-state index is 12.9. The molecule has 0 spiro atoms. The van der Waals surface area contributed by atoms with Crippen molar-refractivity contribution in [2.45, 2.75) is 82.2 Å². The smallest absolute Gasteiger partial charge is 0.413 e. The lowest BCUT2D eigenvalue weighted by atomic mass is 10.1. The molecule has 3 rings (SSSR count). The molecule has 1 unspecified atom stereocenters. The zero-order valence-electron chi connectivity index (χ0n) is 21.0. The number of aryl methyl sites for hydroxylation is 1. The van der Waals surface area contributed by atoms with Crippen LogP contribution in [-0.2, 0) is 11.2 Å². The molecule has 1 N–H and O–H groups in total. The number of thioether (sulfide) groups is 1. The molecule has 1 aliphatic rings. The number of rotatable bonds is 13. The van der Waals surface area contributed by atoms with Crippen molar-refractivity contribution in [2.75, 3.05) is 29.6 Å². The summed E-state index contributed by atoms with van der Waals surface area (Å²) in [5.74, 6) is 0.968. The van der Waals surface area contributed by atoms with Crippen molar-refractivity contribution in [3.63, 3.8) is 0 Å². The Balaban J connectivity index is 1.57. The maximum Gasteiger partial charge on any atom is 0.413 e. The summed E-state index contributed by atoms with van der Waals surface area (Å²) in [5.41, 5.74) is 1.92. The monoisotopic (exact) mass is 519 g/mol. The van der Waals surface area contributed by atoms with E-state index in [-0.39, 0.29) is 6.03 Å². The Morgan fingerprint density at radius 1 is 1.11 bits per heavy atom. The second-order valence-corrected chi connectivity index (χ2v) is 11.1. The topological polar surface area (TPSA) is 87.7 Å². The maximum absolute atomic E-state index is 12.9. The van der Waals surface area contributed by atoms with Gasteiger partial charge in [0, 0.05) is 31.5 Å². The van der Waals surface area contributed by atoms with Crippen molar-refractivity contribution in [2.24, 2.45) is 0 Å². The van der Waals surface area contributed by atoms with E-state index in [1.54, 1.807) is 23.7 Å². The molecule has 2 heterocycles. The zero-order valence-corrected chi connectivity index (χ0v) is 22.6. The minimum atomic E-state index is -0.734. The van der Waals surface area contributed by atoms with Crippen LogP contribution in [0.2, 0.25) is 0 Å². The third-order valence-electron chi connectivity index (χ3n) is 5.87. The molecular weight excluding hydrogens is 482 g/mol. The first-order chi connectivity index (χ1) is 17.0. The van der Waals surface area contributed by atoms with E-state index in [9.17, 15) is 9.59 Å². The molecule has 0 radical (unpaired) electrons. The lowest BCUT2D eigenvalue weighted by Crippen LogP contribution is -2.55. The summed E-state index contributed by atoms with van der Waals surface area (Å²) in [7, 11) is 1.73. The van der Waals surface area contributed by atoms with Gasteiger partial charge in [0.1, 0.15) is 0 Å². The Kier molecular flexibility index (Phi) is 11.1. The standard InChI is InChI=1S/C25H37N5O3S2/c1-4-6-8-9-11-19-12-14-20(15-13-19)26-23(31)33-21-16-17-29(3)25(32)30(21)22-27-28-24(35-22)34-18-10-7-5-2/h12-15,21H,4-11,16-18H2,1-3H3,(H,26,31). The summed E-state index contributed by atoms with van der Waals surface area (Å²) in [6.07, 6.45) is 8.57. The SMILES string of the molecule is CCCCCCc1ccc(NC(=O)OC2CCN(C)C(=O)N2c2nnc(SCCCCC)s2)cc1. The van der Waals surface area contributed by atoms with E-state index in [0.717, 1.165) is 22.9 Å². The van der Waals surface area contributed by atoms with Gasteiger partial charge in [-0.3, -0.25) is 5.32 Å². The van der Waals surface area contributed by atoms with E-state index < -0.39 is 12.3 Å². The number of nitrogens with one attached hydrogen (secondary N) is 1. The van der Waals surface area contributed by atoms with Gasteiger partial charge in [0.25, 0.3) is 0 Å². The number of nitrogens with zero attached hydrogens (tertiary/aromatic N) is 4. The summed E-state index contributed by atoms with van der Waals surface area (Å²) in [6.45, 7) is 4.88. The fraction of sp³-hybridized carbons (Fsp3) is 0.600. The summed E-state index contributed by atoms with van der Waals surface area (Å²) in [6, 6.07) is 7.60. The second-order valence-electron chi connectivity index (χ2n) is 8.76. The summed E-state index contributed by atoms with van der Waals surface area (Å²) < 4.78 is 6.50. The molecule has 1 fully saturated rings. The summed E-state index contributed by atoms with van der Waals surface area (Å²) in [4.78, 5) is 28.6. The first-order valence-corrected chi connectivity index (χ1v) is 14.4. The van der Waals surface area contributed by atoms with Gasteiger partial charge in [-0.15, -0.1) is 10.2 Å². The van der Waals surface area contributed by atoms with Gasteiger partial charge < -0.3 is 9.64 Å². The van der Waals surface area contributed by atoms with Crippen molar-refractivity contribution in [1.29, 1.82) is 0 Å². The molecule has 3 amide bonds. The number of unbranched alkanes of at least 4 members (excludes halogenated alkanes) is 5. The highest BCUT2D eigenvalue weighted by Gasteiger charge is 2.37. The normalized spacial score (nSPS) is 16.0. The van der Waals surface area contributed by atoms with Gasteiger partial charge in [0.05, 0.1) is 0 Å². The average Bonchev–Trinajstić information content (AvgIpc) is 3.31. The number of amides is 3. The van der Waals surface area contributed by atoms with Gasteiger partial charge in [-0.2, -0.15) is 0 Å². The number of aromatic nitrogens is 2. The molecule has 2 aromatic rings. The van der Waals surface area contributed by atoms with Crippen molar-refractivity contribution >= 4 is 46.0 Å². The van der Waals surface area contributed by atoms with Gasteiger partial charge in [0.15, 0.2) is 10.6 Å². The lowest BCUT2D eigenvalue weighted by molar-refractivity contribution is 0.0841. The summed E-state index contributed by atoms with van der Waals surface area (Å²) in [5, 5.41) is 11.7. The lowest BCUT2D eigenvalue weighted by Gasteiger charge is -2.37. The third-order valence-corrected chi connectivity index (χ3v) is 8.01. The highest BCUT2D eigenvalue weighted by Crippen LogP contribution is 2.32. The number of ether oxygens (including phenoxy) is 1. The second kappa shape index (κ2) is 14.3. The number of carbonyl (C=O) groups is 2. The fourth-order valence-electron chi connectivity index (χ4n) is 3.80. The van der Waals surface area contributed by atoms with Crippen molar-refractivity contribution in [3.05, 3.63) is 29.8 Å². The van der Waals surface area contributed by atoms with E-state index >= 15 is 0 Å². The van der Waals surface area contributed by atoms with Crippen molar-refractivity contribution in [3.8, 4) is 0 Å². The summed E-state index contributed by atoms with van der Waals surface area (Å²) >= 11 is 3.00. The van der Waals surface area contributed by atoms with Crippen LogP contribution in [0.5, 0.6) is 0 Å². The molecule has 1 aromatic carbocycles. The molecule has 1 saturated heterocycles. The molecule has 0 saturated carbocycles. The van der Waals surface area contributed by atoms with E-state index in [0.29, 0.717) is 23.8 Å². The Morgan fingerprint density at radius 2 is 1.86 bits per heavy atom. The number of hydrogen-bond donors (Lipinski definition) is 1. The molecule has 10 heteroatoms. The van der Waals surface area contributed by atoms with Gasteiger partial charge in [0.2, 0.25) is 5.13 Å². The molecule has 0 bridgehead atoms. The minimum absolute atomic E-state index is 0.250. The molecule has 8 nitrogen and oxygen atoms in total. The Bertz CT molecular complexity index is 937. The van der Waals surface area contributed by atoms with Crippen molar-refractivity contribution < 1.29 is 14.3 Å². The van der Waals surface area contributed by atoms with Crippen LogP contribution in [-0.4, -0.2) is 52.8 Å². The molecule has 1 aliphatic heterocycles. The van der Waals surface area contributed by atoms with Crippen LogP contribution in [0.15, 0.2) is 28.6 Å². The number of urea groups is 1. The van der Waals surface area contributed by atoms with Gasteiger partial charge in [-0.05, 0) is 37.0 Å². The highest BCUT2D eigenvalue weighted by atomic mass is 32.2. The zero-order chi connectivity index (χ0) is 25.0. The Labute approximate surface area is 216 Å². The molecule has 35 heavy (non-hydrogen) atoms. The predicted molar refractivity (Wildman–Crippen MR) is 143 cm³/mol. The number of carbonyl (C=O) groups excluding carboxylic acids is 2. The van der Waals surface area contributed by atoms with Gasteiger partial charge in [-0.1, -0.05) is 81.2 Å². The Hall–Kier alpha value is -2.33. The van der Waals surface area contributed by atoms with Crippen LogP contribution in [0.25, 0.3) is 0 Å². The van der Waals surface area contributed by atoms with Crippen LogP contribution in [0.1, 0.15) is 70.8 Å². The number of hydrogen-bond acceptors (Lipinski definition) is 7. The minimum Gasteiger partial charge on any atom is -0.425 e. The molecule has 0 aliphatic carbocycles. The molecule has 1 aromatic heterocycles. The van der Waals surface area contributed by atoms with Crippen LogP contribution in [0, 0.1) is 0 Å². The first kappa shape index (κ1) is 27.3. The first-order valence-electron chi connectivity index (χ1n) is 12.6. The van der Waals surface area contributed by atoms with Crippen molar-refractivity contribution in [1.82, 2.24) is 15.1 Å². The van der Waals surface area contributed by atoms with Crippen LogP contribution in [0.3, 0.4) is 0 Å².